The minimum Gasteiger partial charge on any atom is -0.481 e. The van der Waals surface area contributed by atoms with Gasteiger partial charge in [-0.2, -0.15) is 4.31 Å². The summed E-state index contributed by atoms with van der Waals surface area (Å²) >= 11 is 0. The zero-order valence-electron chi connectivity index (χ0n) is 11.2. The first-order valence-corrected chi connectivity index (χ1v) is 7.65. The van der Waals surface area contributed by atoms with Crippen LogP contribution >= 0.6 is 0 Å². The van der Waals surface area contributed by atoms with Crippen LogP contribution in [0, 0.1) is 12.8 Å². The highest BCUT2D eigenvalue weighted by atomic mass is 32.2. The number of nitrogens with zero attached hydrogens (tertiary/aromatic N) is 2. The van der Waals surface area contributed by atoms with Gasteiger partial charge in [0.1, 0.15) is 0 Å². The Bertz CT molecular complexity index is 605. The molecule has 2 unspecified atom stereocenters. The molecule has 1 aromatic rings. The van der Waals surface area contributed by atoms with Gasteiger partial charge < -0.3 is 15.4 Å². The zero-order chi connectivity index (χ0) is 15.1. The number of aliphatic carboxylic acids is 1. The fraction of sp³-hybridized carbons (Fsp3) is 0.636. The molecule has 9 heteroatoms. The largest absolute Gasteiger partial charge is 0.481 e. The van der Waals surface area contributed by atoms with Gasteiger partial charge in [0.05, 0.1) is 5.92 Å². The van der Waals surface area contributed by atoms with Gasteiger partial charge in [0.25, 0.3) is 10.0 Å². The molecule has 8 nitrogen and oxygen atoms in total. The van der Waals surface area contributed by atoms with E-state index in [4.69, 9.17) is 15.4 Å². The average Bonchev–Trinajstić information content (AvgIpc) is 2.69. The van der Waals surface area contributed by atoms with Gasteiger partial charge >= 0.3 is 5.97 Å². The van der Waals surface area contributed by atoms with Gasteiger partial charge in [-0.1, -0.05) is 5.16 Å². The first-order chi connectivity index (χ1) is 9.25. The summed E-state index contributed by atoms with van der Waals surface area (Å²) in [4.78, 5) is 10.9. The number of carboxylic acid groups (broad SMARTS) is 1. The van der Waals surface area contributed by atoms with Gasteiger partial charge in [-0.05, 0) is 26.7 Å². The summed E-state index contributed by atoms with van der Waals surface area (Å²) in [6.45, 7) is 3.14. The van der Waals surface area contributed by atoms with Gasteiger partial charge in [-0.25, -0.2) is 8.42 Å². The summed E-state index contributed by atoms with van der Waals surface area (Å²) in [5.74, 6) is -1.80. The van der Waals surface area contributed by atoms with Crippen LogP contribution in [0.25, 0.3) is 0 Å². The van der Waals surface area contributed by atoms with E-state index in [1.165, 1.54) is 11.2 Å². The first kappa shape index (κ1) is 14.8. The molecule has 0 bridgehead atoms. The quantitative estimate of drug-likeness (QED) is 0.829. The van der Waals surface area contributed by atoms with Crippen molar-refractivity contribution in [1.29, 1.82) is 0 Å². The van der Waals surface area contributed by atoms with Crippen molar-refractivity contribution in [1.82, 2.24) is 9.46 Å². The summed E-state index contributed by atoms with van der Waals surface area (Å²) in [5, 5.41) is 12.5. The number of hydrogen-bond donors (Lipinski definition) is 2. The van der Waals surface area contributed by atoms with Crippen LogP contribution in [0.15, 0.2) is 9.42 Å². The Morgan fingerprint density at radius 3 is 2.65 bits per heavy atom. The van der Waals surface area contributed by atoms with Crippen LogP contribution in [0.3, 0.4) is 0 Å². The maximum atomic E-state index is 12.6. The van der Waals surface area contributed by atoms with Crippen LogP contribution in [0.5, 0.6) is 0 Å². The van der Waals surface area contributed by atoms with E-state index >= 15 is 0 Å². The zero-order valence-corrected chi connectivity index (χ0v) is 12.1. The lowest BCUT2D eigenvalue weighted by Crippen LogP contribution is -2.47. The number of carbonyl (C=O) groups is 1. The standard InChI is InChI=1S/C11H17N3O5S/c1-6-3-4-8(11(15)16)5-14(6)20(17,18)9-7(2)19-13-10(9)12/h6,8H,3-5H2,1-2H3,(H2,12,13)(H,15,16). The fourth-order valence-electron chi connectivity index (χ4n) is 2.42. The van der Waals surface area contributed by atoms with E-state index in [0.717, 1.165) is 0 Å². The van der Waals surface area contributed by atoms with Crippen LogP contribution in [-0.2, 0) is 14.8 Å². The number of nitrogens with two attached hydrogens (primary N) is 1. The highest BCUT2D eigenvalue weighted by Crippen LogP contribution is 2.31. The lowest BCUT2D eigenvalue weighted by Gasteiger charge is -2.35. The molecule has 3 N–H and O–H groups in total. The molecule has 0 amide bonds. The number of nitrogen functional groups attached to an aromatic ring is 1. The Balaban J connectivity index is 2.40. The Morgan fingerprint density at radius 1 is 1.50 bits per heavy atom. The SMILES string of the molecule is Cc1onc(N)c1S(=O)(=O)N1CC(C(=O)O)CCC1C. The van der Waals surface area contributed by atoms with Crippen LogP contribution < -0.4 is 5.73 Å². The molecule has 0 spiro atoms. The Morgan fingerprint density at radius 2 is 2.15 bits per heavy atom. The van der Waals surface area contributed by atoms with Gasteiger partial charge in [-0.3, -0.25) is 4.79 Å². The van der Waals surface area contributed by atoms with E-state index < -0.39 is 21.9 Å². The summed E-state index contributed by atoms with van der Waals surface area (Å²) < 4.78 is 31.2. The molecule has 2 atom stereocenters. The molecule has 1 aliphatic heterocycles. The second kappa shape index (κ2) is 5.06. The highest BCUT2D eigenvalue weighted by Gasteiger charge is 2.40. The molecule has 112 valence electrons. The van der Waals surface area contributed by atoms with E-state index in [1.807, 2.05) is 0 Å². The smallest absolute Gasteiger partial charge is 0.307 e. The molecule has 1 aliphatic rings. The number of aromatic nitrogens is 1. The van der Waals surface area contributed by atoms with E-state index in [0.29, 0.717) is 12.8 Å². The number of piperidine rings is 1. The van der Waals surface area contributed by atoms with E-state index in [9.17, 15) is 13.2 Å². The maximum absolute atomic E-state index is 12.6. The molecule has 2 heterocycles. The maximum Gasteiger partial charge on any atom is 0.307 e. The highest BCUT2D eigenvalue weighted by molar-refractivity contribution is 7.89. The monoisotopic (exact) mass is 303 g/mol. The van der Waals surface area contributed by atoms with Gasteiger partial charge in [0, 0.05) is 12.6 Å². The van der Waals surface area contributed by atoms with Crippen molar-refractivity contribution in [2.24, 2.45) is 5.92 Å². The number of anilines is 1. The topological polar surface area (TPSA) is 127 Å². The molecular formula is C11H17N3O5S. The minimum absolute atomic E-state index is 0.0666. The molecule has 0 aromatic carbocycles. The summed E-state index contributed by atoms with van der Waals surface area (Å²) in [5.41, 5.74) is 5.55. The van der Waals surface area contributed by atoms with Crippen molar-refractivity contribution < 1.29 is 22.8 Å². The molecule has 1 saturated heterocycles. The van der Waals surface area contributed by atoms with E-state index in [-0.39, 0.29) is 29.1 Å². The molecule has 0 saturated carbocycles. The molecule has 2 rings (SSSR count). The van der Waals surface area contributed by atoms with Crippen molar-refractivity contribution in [2.75, 3.05) is 12.3 Å². The molecule has 1 fully saturated rings. The summed E-state index contributed by atoms with van der Waals surface area (Å²) in [6, 6.07) is -0.288. The lowest BCUT2D eigenvalue weighted by atomic mass is 9.96. The van der Waals surface area contributed by atoms with Gasteiger partial charge in [-0.15, -0.1) is 0 Å². The van der Waals surface area contributed by atoms with Crippen LogP contribution in [0.1, 0.15) is 25.5 Å². The predicted octanol–water partition coefficient (Wildman–Crippen LogP) is 0.439. The molecule has 1 aromatic heterocycles. The average molecular weight is 303 g/mol. The molecule has 0 aliphatic carbocycles. The van der Waals surface area contributed by atoms with Crippen molar-refractivity contribution >= 4 is 21.8 Å². The fourth-order valence-corrected chi connectivity index (χ4v) is 4.32. The van der Waals surface area contributed by atoms with Crippen LogP contribution in [-0.4, -0.2) is 41.5 Å². The first-order valence-electron chi connectivity index (χ1n) is 6.21. The van der Waals surface area contributed by atoms with Gasteiger partial charge in [0.15, 0.2) is 16.5 Å². The lowest BCUT2D eigenvalue weighted by molar-refractivity contribution is -0.143. The van der Waals surface area contributed by atoms with Crippen molar-refractivity contribution in [3.05, 3.63) is 5.76 Å². The normalized spacial score (nSPS) is 24.7. The summed E-state index contributed by atoms with van der Waals surface area (Å²) in [6.07, 6.45) is 0.945. The van der Waals surface area contributed by atoms with E-state index in [1.54, 1.807) is 6.92 Å². The van der Waals surface area contributed by atoms with E-state index in [2.05, 4.69) is 5.16 Å². The van der Waals surface area contributed by atoms with Crippen molar-refractivity contribution in [2.45, 2.75) is 37.6 Å². The molecule has 0 radical (unpaired) electrons. The second-order valence-electron chi connectivity index (χ2n) is 4.99. The number of carboxylic acids is 1. The Hall–Kier alpha value is -1.61. The van der Waals surface area contributed by atoms with Crippen LogP contribution in [0.4, 0.5) is 5.82 Å². The number of sulfonamides is 1. The number of hydrogen-bond acceptors (Lipinski definition) is 6. The summed E-state index contributed by atoms with van der Waals surface area (Å²) in [7, 11) is -3.91. The number of rotatable bonds is 3. The predicted molar refractivity (Wildman–Crippen MR) is 69.4 cm³/mol. The second-order valence-corrected chi connectivity index (χ2v) is 6.82. The third-order valence-corrected chi connectivity index (χ3v) is 5.71. The number of aryl methyl sites for hydroxylation is 1. The minimum atomic E-state index is -3.91. The Kier molecular flexibility index (Phi) is 3.74. The molecular weight excluding hydrogens is 286 g/mol. The van der Waals surface area contributed by atoms with Gasteiger partial charge in [0.2, 0.25) is 0 Å². The van der Waals surface area contributed by atoms with Crippen molar-refractivity contribution in [3.8, 4) is 0 Å². The third-order valence-electron chi connectivity index (χ3n) is 3.57. The Labute approximate surface area is 116 Å². The van der Waals surface area contributed by atoms with Crippen LogP contribution in [0.2, 0.25) is 0 Å². The van der Waals surface area contributed by atoms with Crippen molar-refractivity contribution in [3.63, 3.8) is 0 Å². The molecule has 20 heavy (non-hydrogen) atoms. The third kappa shape index (κ3) is 2.38.